The predicted molar refractivity (Wildman–Crippen MR) is 139 cm³/mol. The van der Waals surface area contributed by atoms with E-state index in [4.69, 9.17) is 21.4 Å². The van der Waals surface area contributed by atoms with Crippen LogP contribution in [0.4, 0.5) is 0 Å². The fourth-order valence-corrected chi connectivity index (χ4v) is 4.07. The van der Waals surface area contributed by atoms with E-state index in [1.807, 2.05) is 71.4 Å². The number of ether oxygens (including phenoxy) is 1. The predicted octanol–water partition coefficient (Wildman–Crippen LogP) is 5.13. The van der Waals surface area contributed by atoms with Gasteiger partial charge in [-0.15, -0.1) is 10.2 Å². The first-order valence-corrected chi connectivity index (χ1v) is 12.4. The molecule has 3 aromatic heterocycles. The molecule has 0 fully saturated rings. The third-order valence-electron chi connectivity index (χ3n) is 5.98. The Morgan fingerprint density at radius 3 is 2.64 bits per heavy atom. The van der Waals surface area contributed by atoms with Crippen LogP contribution in [0.3, 0.4) is 0 Å². The summed E-state index contributed by atoms with van der Waals surface area (Å²) in [4.78, 5) is 12.4. The molecule has 8 nitrogen and oxygen atoms in total. The van der Waals surface area contributed by atoms with E-state index in [0.717, 1.165) is 53.4 Å². The zero-order valence-electron chi connectivity index (χ0n) is 20.0. The van der Waals surface area contributed by atoms with E-state index in [2.05, 4.69) is 22.4 Å². The molecule has 1 N–H and O–H groups in total. The second kappa shape index (κ2) is 10.8. The molecule has 0 saturated heterocycles. The summed E-state index contributed by atoms with van der Waals surface area (Å²) in [6.07, 6.45) is 6.70. The van der Waals surface area contributed by atoms with Crippen molar-refractivity contribution in [2.24, 2.45) is 0 Å². The van der Waals surface area contributed by atoms with Crippen molar-refractivity contribution in [2.75, 3.05) is 6.61 Å². The number of fused-ring (bicyclic) bond motifs is 3. The van der Waals surface area contributed by atoms with Gasteiger partial charge in [-0.05, 0) is 54.4 Å². The van der Waals surface area contributed by atoms with Crippen LogP contribution in [0.2, 0.25) is 5.02 Å². The molecule has 3 heterocycles. The Morgan fingerprint density at radius 1 is 1.06 bits per heavy atom. The largest absolute Gasteiger partial charge is 0.494 e. The van der Waals surface area contributed by atoms with Crippen LogP contribution in [0.25, 0.3) is 22.4 Å². The van der Waals surface area contributed by atoms with Gasteiger partial charge in [0.05, 0.1) is 12.3 Å². The number of benzene rings is 2. The molecule has 0 bridgehead atoms. The van der Waals surface area contributed by atoms with Crippen molar-refractivity contribution in [3.63, 3.8) is 0 Å². The van der Waals surface area contributed by atoms with Crippen molar-refractivity contribution < 1.29 is 9.53 Å². The molecule has 9 heteroatoms. The van der Waals surface area contributed by atoms with Gasteiger partial charge < -0.3 is 10.1 Å². The minimum Gasteiger partial charge on any atom is -0.494 e. The van der Waals surface area contributed by atoms with E-state index in [9.17, 15) is 4.79 Å². The molecule has 0 aliphatic carbocycles. The van der Waals surface area contributed by atoms with Crippen LogP contribution in [-0.4, -0.2) is 36.7 Å². The number of hydrogen-bond acceptors (Lipinski definition) is 5. The Morgan fingerprint density at radius 2 is 1.86 bits per heavy atom. The normalized spacial score (nSPS) is 11.3. The first-order valence-electron chi connectivity index (χ1n) is 12.1. The van der Waals surface area contributed by atoms with Crippen LogP contribution in [0, 0.1) is 0 Å². The van der Waals surface area contributed by atoms with Gasteiger partial charge in [-0.25, -0.2) is 4.52 Å². The highest BCUT2D eigenvalue weighted by atomic mass is 35.5. The van der Waals surface area contributed by atoms with Gasteiger partial charge in [0.2, 0.25) is 5.91 Å². The summed E-state index contributed by atoms with van der Waals surface area (Å²) in [6, 6.07) is 17.4. The Labute approximate surface area is 213 Å². The van der Waals surface area contributed by atoms with E-state index in [0.29, 0.717) is 30.1 Å². The molecule has 0 spiro atoms. The number of amides is 1. The first kappa shape index (κ1) is 23.8. The zero-order valence-corrected chi connectivity index (χ0v) is 20.8. The van der Waals surface area contributed by atoms with E-state index in [1.54, 1.807) is 4.52 Å². The zero-order chi connectivity index (χ0) is 24.9. The Kier molecular flexibility index (Phi) is 7.13. The van der Waals surface area contributed by atoms with Gasteiger partial charge >= 0.3 is 0 Å². The molecule has 5 aromatic rings. The van der Waals surface area contributed by atoms with E-state index in [-0.39, 0.29) is 5.91 Å². The smallest absolute Gasteiger partial charge is 0.220 e. The summed E-state index contributed by atoms with van der Waals surface area (Å²) in [5.74, 6) is 1.54. The number of hydrogen-bond donors (Lipinski definition) is 1. The lowest BCUT2D eigenvalue weighted by atomic mass is 10.1. The molecule has 2 aromatic carbocycles. The number of carbonyl (C=O) groups is 1. The highest BCUT2D eigenvalue weighted by molar-refractivity contribution is 6.30. The van der Waals surface area contributed by atoms with Gasteiger partial charge in [0, 0.05) is 42.4 Å². The molecule has 0 unspecified atom stereocenters. The van der Waals surface area contributed by atoms with Gasteiger partial charge in [-0.3, -0.25) is 9.20 Å². The Hall–Kier alpha value is -3.91. The van der Waals surface area contributed by atoms with E-state index in [1.165, 1.54) is 0 Å². The lowest BCUT2D eigenvalue weighted by molar-refractivity contribution is -0.121. The molecule has 5 rings (SSSR count). The van der Waals surface area contributed by atoms with Crippen molar-refractivity contribution >= 4 is 28.7 Å². The number of unbranched alkanes of at least 4 members (excludes halogenated alkanes) is 1. The molecule has 0 atom stereocenters. The number of aromatic nitrogens is 5. The fourth-order valence-electron chi connectivity index (χ4n) is 3.94. The molecular formula is C27H27ClN6O2. The second-order valence-corrected chi connectivity index (χ2v) is 9.03. The van der Waals surface area contributed by atoms with Crippen LogP contribution in [0.1, 0.15) is 37.6 Å². The first-order chi connectivity index (χ1) is 17.6. The maximum Gasteiger partial charge on any atom is 0.220 e. The Bertz CT molecular complexity index is 1470. The lowest BCUT2D eigenvalue weighted by Crippen LogP contribution is -2.23. The molecule has 36 heavy (non-hydrogen) atoms. The summed E-state index contributed by atoms with van der Waals surface area (Å²) in [5.41, 5.74) is 4.39. The van der Waals surface area contributed by atoms with Crippen LogP contribution in [0.15, 0.2) is 67.0 Å². The monoisotopic (exact) mass is 502 g/mol. The number of nitrogens with zero attached hydrogens (tertiary/aromatic N) is 5. The lowest BCUT2D eigenvalue weighted by Gasteiger charge is -2.05. The molecule has 0 radical (unpaired) electrons. The third-order valence-corrected chi connectivity index (χ3v) is 6.24. The van der Waals surface area contributed by atoms with Gasteiger partial charge in [0.25, 0.3) is 0 Å². The SMILES string of the molecule is CCCCOc1ccc(-c2cc3c4nnc(CCC(=O)NCc5ccc(Cl)cc5)n4ccn3n2)cc1. The average molecular weight is 503 g/mol. The minimum atomic E-state index is -0.0449. The van der Waals surface area contributed by atoms with Crippen molar-refractivity contribution in [2.45, 2.75) is 39.2 Å². The number of halogens is 1. The molecule has 184 valence electrons. The third kappa shape index (κ3) is 5.33. The number of rotatable bonds is 10. The highest BCUT2D eigenvalue weighted by Crippen LogP contribution is 2.24. The summed E-state index contributed by atoms with van der Waals surface area (Å²) in [6.45, 7) is 3.33. The average Bonchev–Trinajstić information content (AvgIpc) is 3.52. The summed E-state index contributed by atoms with van der Waals surface area (Å²) in [5, 5.41) is 17.0. The Balaban J connectivity index is 1.26. The van der Waals surface area contributed by atoms with Gasteiger partial charge in [-0.1, -0.05) is 37.1 Å². The number of carbonyl (C=O) groups excluding carboxylic acids is 1. The van der Waals surface area contributed by atoms with Crippen LogP contribution < -0.4 is 10.1 Å². The maximum atomic E-state index is 12.4. The number of nitrogens with one attached hydrogen (secondary N) is 1. The van der Waals surface area contributed by atoms with Gasteiger partial charge in [0.1, 0.15) is 17.1 Å². The molecule has 0 aliphatic rings. The molecular weight excluding hydrogens is 476 g/mol. The molecule has 0 aliphatic heterocycles. The molecule has 0 saturated carbocycles. The molecule has 1 amide bonds. The highest BCUT2D eigenvalue weighted by Gasteiger charge is 2.14. The van der Waals surface area contributed by atoms with Crippen molar-refractivity contribution in [1.29, 1.82) is 0 Å². The summed E-state index contributed by atoms with van der Waals surface area (Å²) < 4.78 is 9.47. The van der Waals surface area contributed by atoms with Crippen molar-refractivity contribution in [1.82, 2.24) is 29.5 Å². The van der Waals surface area contributed by atoms with Crippen LogP contribution in [0.5, 0.6) is 5.75 Å². The quantitative estimate of drug-likeness (QED) is 0.268. The minimum absolute atomic E-state index is 0.0449. The second-order valence-electron chi connectivity index (χ2n) is 8.60. The van der Waals surface area contributed by atoms with Crippen molar-refractivity contribution in [3.05, 3.63) is 83.4 Å². The van der Waals surface area contributed by atoms with Crippen LogP contribution >= 0.6 is 11.6 Å². The van der Waals surface area contributed by atoms with Crippen LogP contribution in [-0.2, 0) is 17.8 Å². The van der Waals surface area contributed by atoms with Gasteiger partial charge in [0.15, 0.2) is 5.65 Å². The summed E-state index contributed by atoms with van der Waals surface area (Å²) >= 11 is 5.91. The number of aryl methyl sites for hydroxylation is 1. The maximum absolute atomic E-state index is 12.4. The van der Waals surface area contributed by atoms with E-state index >= 15 is 0 Å². The van der Waals surface area contributed by atoms with Crippen molar-refractivity contribution in [3.8, 4) is 17.0 Å². The summed E-state index contributed by atoms with van der Waals surface area (Å²) in [7, 11) is 0. The fraction of sp³-hybridized carbons (Fsp3) is 0.259. The van der Waals surface area contributed by atoms with E-state index < -0.39 is 0 Å². The standard InChI is InChI=1S/C27H27ClN6O2/c1-2-3-16-36-22-10-6-20(7-11-22)23-17-24-27-31-30-25(33(27)14-15-34(24)32-23)12-13-26(35)29-18-19-4-8-21(28)9-5-19/h4-11,14-15,17H,2-3,12-13,16,18H2,1H3,(H,29,35). The van der Waals surface area contributed by atoms with Gasteiger partial charge in [-0.2, -0.15) is 5.10 Å². The topological polar surface area (TPSA) is 85.8 Å².